The first-order valence-corrected chi connectivity index (χ1v) is 5.79. The number of H-pyrrole nitrogens is 1. The molecule has 6 heteroatoms. The number of carbonyl (C=O) groups is 1. The molecule has 1 aromatic heterocycles. The number of anilines is 1. The van der Waals surface area contributed by atoms with E-state index in [9.17, 15) is 9.59 Å². The van der Waals surface area contributed by atoms with Crippen molar-refractivity contribution in [2.45, 2.75) is 13.0 Å². The number of nitrogens with one attached hydrogen (secondary N) is 2. The molecule has 98 valence electrons. The minimum absolute atomic E-state index is 0.154. The fraction of sp³-hybridized carbons (Fsp3) is 0.154. The first-order valence-electron chi connectivity index (χ1n) is 5.79. The third-order valence-electron chi connectivity index (χ3n) is 2.72. The van der Waals surface area contributed by atoms with Crippen molar-refractivity contribution in [3.8, 4) is 0 Å². The molecule has 2 aromatic rings. The van der Waals surface area contributed by atoms with Crippen LogP contribution in [0.25, 0.3) is 0 Å². The predicted molar refractivity (Wildman–Crippen MR) is 71.6 cm³/mol. The summed E-state index contributed by atoms with van der Waals surface area (Å²) >= 11 is 0. The van der Waals surface area contributed by atoms with Crippen molar-refractivity contribution in [3.63, 3.8) is 0 Å². The average molecular weight is 258 g/mol. The maximum atomic E-state index is 11.9. The molecule has 19 heavy (non-hydrogen) atoms. The van der Waals surface area contributed by atoms with E-state index in [4.69, 9.17) is 5.73 Å². The SMILES string of the molecule is CC(NC(=O)c1ccc(=O)[nH]n1)c1ccccc1N. The fourth-order valence-electron chi connectivity index (χ4n) is 1.72. The lowest BCUT2D eigenvalue weighted by molar-refractivity contribution is 0.0934. The molecule has 0 aliphatic rings. The summed E-state index contributed by atoms with van der Waals surface area (Å²) < 4.78 is 0. The monoisotopic (exact) mass is 258 g/mol. The second kappa shape index (κ2) is 5.34. The molecule has 0 saturated heterocycles. The number of carbonyl (C=O) groups excluding carboxylic acids is 1. The van der Waals surface area contributed by atoms with Crippen LogP contribution in [0.4, 0.5) is 5.69 Å². The molecule has 4 N–H and O–H groups in total. The number of nitrogen functional groups attached to an aromatic ring is 1. The molecule has 6 nitrogen and oxygen atoms in total. The number of hydrogen-bond donors (Lipinski definition) is 3. The second-order valence-corrected chi connectivity index (χ2v) is 4.13. The van der Waals surface area contributed by atoms with Crippen molar-refractivity contribution in [2.24, 2.45) is 0 Å². The van der Waals surface area contributed by atoms with Crippen LogP contribution < -0.4 is 16.6 Å². The molecule has 0 aliphatic heterocycles. The van der Waals surface area contributed by atoms with Gasteiger partial charge >= 0.3 is 0 Å². The summed E-state index contributed by atoms with van der Waals surface area (Å²) in [7, 11) is 0. The van der Waals surface area contributed by atoms with Crippen molar-refractivity contribution in [3.05, 3.63) is 58.0 Å². The number of amides is 1. The molecule has 1 unspecified atom stereocenters. The average Bonchev–Trinajstić information content (AvgIpc) is 2.39. The van der Waals surface area contributed by atoms with Crippen LogP contribution in [0.2, 0.25) is 0 Å². The molecule has 0 spiro atoms. The maximum Gasteiger partial charge on any atom is 0.272 e. The first kappa shape index (κ1) is 12.8. The van der Waals surface area contributed by atoms with E-state index in [1.54, 1.807) is 6.07 Å². The standard InChI is InChI=1S/C13H14N4O2/c1-8(9-4-2-3-5-10(9)14)15-13(19)11-6-7-12(18)17-16-11/h2-8H,14H2,1H3,(H,15,19)(H,17,18). The molecular formula is C13H14N4O2. The zero-order valence-corrected chi connectivity index (χ0v) is 10.4. The highest BCUT2D eigenvalue weighted by Gasteiger charge is 2.14. The van der Waals surface area contributed by atoms with E-state index in [1.807, 2.05) is 25.1 Å². The number of aromatic amines is 1. The number of benzene rings is 1. The van der Waals surface area contributed by atoms with Crippen LogP contribution in [0.1, 0.15) is 29.0 Å². The van der Waals surface area contributed by atoms with Gasteiger partial charge in [0.25, 0.3) is 11.5 Å². The van der Waals surface area contributed by atoms with E-state index in [2.05, 4.69) is 15.5 Å². The van der Waals surface area contributed by atoms with E-state index < -0.39 is 0 Å². The number of rotatable bonds is 3. The molecule has 1 heterocycles. The van der Waals surface area contributed by atoms with Crippen molar-refractivity contribution in [2.75, 3.05) is 5.73 Å². The Hall–Kier alpha value is -2.63. The summed E-state index contributed by atoms with van der Waals surface area (Å²) in [6, 6.07) is 9.68. The molecule has 1 amide bonds. The van der Waals surface area contributed by atoms with E-state index in [1.165, 1.54) is 12.1 Å². The predicted octanol–water partition coefficient (Wildman–Crippen LogP) is 0.843. The molecular weight excluding hydrogens is 244 g/mol. The summed E-state index contributed by atoms with van der Waals surface area (Å²) in [5, 5.41) is 8.65. The summed E-state index contributed by atoms with van der Waals surface area (Å²) in [6.07, 6.45) is 0. The molecule has 0 aliphatic carbocycles. The van der Waals surface area contributed by atoms with Crippen LogP contribution in [0, 0.1) is 0 Å². The van der Waals surface area contributed by atoms with Gasteiger partial charge in [0.15, 0.2) is 0 Å². The van der Waals surface area contributed by atoms with Crippen LogP contribution in [0.3, 0.4) is 0 Å². The minimum atomic E-state index is -0.369. The Labute approximate surface area is 109 Å². The van der Waals surface area contributed by atoms with Gasteiger partial charge in [0.05, 0.1) is 6.04 Å². The van der Waals surface area contributed by atoms with Crippen LogP contribution in [0.15, 0.2) is 41.2 Å². The molecule has 1 aromatic carbocycles. The highest BCUT2D eigenvalue weighted by molar-refractivity contribution is 5.92. The van der Waals surface area contributed by atoms with Crippen molar-refractivity contribution >= 4 is 11.6 Å². The molecule has 0 fully saturated rings. The number of para-hydroxylation sites is 1. The van der Waals surface area contributed by atoms with E-state index >= 15 is 0 Å². The van der Waals surface area contributed by atoms with Crippen LogP contribution >= 0.6 is 0 Å². The summed E-state index contributed by atoms with van der Waals surface area (Å²) in [4.78, 5) is 22.8. The topological polar surface area (TPSA) is 101 Å². The Morgan fingerprint density at radius 2 is 2.05 bits per heavy atom. The Kier molecular flexibility index (Phi) is 3.61. The van der Waals surface area contributed by atoms with Gasteiger partial charge in [0, 0.05) is 11.8 Å². The highest BCUT2D eigenvalue weighted by atomic mass is 16.2. The number of nitrogens with two attached hydrogens (primary N) is 1. The normalized spacial score (nSPS) is 11.8. The van der Waals surface area contributed by atoms with Gasteiger partial charge in [-0.2, -0.15) is 5.10 Å². The Balaban J connectivity index is 2.13. The van der Waals surface area contributed by atoms with Crippen molar-refractivity contribution in [1.29, 1.82) is 0 Å². The quantitative estimate of drug-likeness (QED) is 0.710. The maximum absolute atomic E-state index is 11.9. The fourth-order valence-corrected chi connectivity index (χ4v) is 1.72. The lowest BCUT2D eigenvalue weighted by Crippen LogP contribution is -2.28. The Morgan fingerprint density at radius 3 is 2.68 bits per heavy atom. The summed E-state index contributed by atoms with van der Waals surface area (Å²) in [5.74, 6) is -0.369. The third-order valence-corrected chi connectivity index (χ3v) is 2.72. The van der Waals surface area contributed by atoms with Crippen LogP contribution in [-0.4, -0.2) is 16.1 Å². The molecule has 0 saturated carbocycles. The van der Waals surface area contributed by atoms with Crippen molar-refractivity contribution < 1.29 is 4.79 Å². The van der Waals surface area contributed by atoms with Gasteiger partial charge in [-0.1, -0.05) is 18.2 Å². The van der Waals surface area contributed by atoms with Gasteiger partial charge in [-0.3, -0.25) is 9.59 Å². The van der Waals surface area contributed by atoms with Crippen LogP contribution in [0.5, 0.6) is 0 Å². The summed E-state index contributed by atoms with van der Waals surface area (Å²) in [6.45, 7) is 1.83. The largest absolute Gasteiger partial charge is 0.398 e. The first-order chi connectivity index (χ1) is 9.08. The van der Waals surface area contributed by atoms with Crippen molar-refractivity contribution in [1.82, 2.24) is 15.5 Å². The Morgan fingerprint density at radius 1 is 1.32 bits per heavy atom. The number of nitrogens with zero attached hydrogens (tertiary/aromatic N) is 1. The minimum Gasteiger partial charge on any atom is -0.398 e. The van der Waals surface area contributed by atoms with Gasteiger partial charge < -0.3 is 11.1 Å². The van der Waals surface area contributed by atoms with Gasteiger partial charge in [0.1, 0.15) is 5.69 Å². The second-order valence-electron chi connectivity index (χ2n) is 4.13. The van der Waals surface area contributed by atoms with E-state index in [0.29, 0.717) is 5.69 Å². The molecule has 2 rings (SSSR count). The number of hydrogen-bond acceptors (Lipinski definition) is 4. The van der Waals surface area contributed by atoms with Crippen LogP contribution in [-0.2, 0) is 0 Å². The van der Waals surface area contributed by atoms with Gasteiger partial charge in [-0.25, -0.2) is 5.10 Å². The van der Waals surface area contributed by atoms with Gasteiger partial charge in [0.2, 0.25) is 0 Å². The van der Waals surface area contributed by atoms with Gasteiger partial charge in [-0.15, -0.1) is 0 Å². The lowest BCUT2D eigenvalue weighted by Gasteiger charge is -2.15. The number of aromatic nitrogens is 2. The summed E-state index contributed by atoms with van der Waals surface area (Å²) in [5.41, 5.74) is 7.09. The zero-order chi connectivity index (χ0) is 13.8. The lowest BCUT2D eigenvalue weighted by atomic mass is 10.1. The Bertz CT molecular complexity index is 631. The molecule has 0 bridgehead atoms. The molecule has 1 atom stereocenters. The smallest absolute Gasteiger partial charge is 0.272 e. The van der Waals surface area contributed by atoms with E-state index in [-0.39, 0.29) is 23.2 Å². The highest BCUT2D eigenvalue weighted by Crippen LogP contribution is 2.19. The van der Waals surface area contributed by atoms with Gasteiger partial charge in [-0.05, 0) is 24.6 Å². The van der Waals surface area contributed by atoms with E-state index in [0.717, 1.165) is 5.56 Å². The zero-order valence-electron chi connectivity index (χ0n) is 10.4. The third kappa shape index (κ3) is 2.98. The molecule has 0 radical (unpaired) electrons.